The molecule has 0 aliphatic carbocycles. The fourth-order valence-corrected chi connectivity index (χ4v) is 3.63. The van der Waals surface area contributed by atoms with Crippen LogP contribution < -0.4 is 4.74 Å². The summed E-state index contributed by atoms with van der Waals surface area (Å²) in [4.78, 5) is 4.07. The molecule has 10 heteroatoms. The summed E-state index contributed by atoms with van der Waals surface area (Å²) >= 11 is 0. The molecule has 28 heavy (non-hydrogen) atoms. The largest absolute Gasteiger partial charge is 0.497 e. The first-order chi connectivity index (χ1) is 13.5. The van der Waals surface area contributed by atoms with Crippen molar-refractivity contribution < 1.29 is 22.1 Å². The van der Waals surface area contributed by atoms with E-state index < -0.39 is 15.6 Å². The molecule has 0 aliphatic rings. The smallest absolute Gasteiger partial charge is 0.269 e. The third-order valence-electron chi connectivity index (χ3n) is 3.89. The van der Waals surface area contributed by atoms with Gasteiger partial charge >= 0.3 is 0 Å². The molecular formula is C18H14N4O5S. The van der Waals surface area contributed by atoms with Gasteiger partial charge in [0, 0.05) is 24.0 Å². The summed E-state index contributed by atoms with van der Waals surface area (Å²) in [5.41, 5.74) is 1.10. The Morgan fingerprint density at radius 3 is 2.50 bits per heavy atom. The van der Waals surface area contributed by atoms with Gasteiger partial charge in [0.2, 0.25) is 5.89 Å². The van der Waals surface area contributed by atoms with Crippen molar-refractivity contribution in [3.63, 3.8) is 0 Å². The van der Waals surface area contributed by atoms with Crippen LogP contribution in [0, 0.1) is 0 Å². The van der Waals surface area contributed by atoms with Gasteiger partial charge in [-0.05, 0) is 36.4 Å². The first-order valence-corrected chi connectivity index (χ1v) is 9.77. The Labute approximate surface area is 159 Å². The quantitative estimate of drug-likeness (QED) is 0.482. The molecule has 0 N–H and O–H groups in total. The molecule has 0 amide bonds. The normalized spacial score (nSPS) is 11.5. The van der Waals surface area contributed by atoms with Crippen LogP contribution in [0.4, 0.5) is 0 Å². The fraction of sp³-hybridized carbons (Fsp3) is 0.111. The molecule has 1 aromatic carbocycles. The van der Waals surface area contributed by atoms with Crippen LogP contribution in [0.25, 0.3) is 22.9 Å². The Bertz CT molecular complexity index is 1180. The van der Waals surface area contributed by atoms with Crippen LogP contribution in [0.15, 0.2) is 68.7 Å². The lowest BCUT2D eigenvalue weighted by Gasteiger charge is -2.03. The number of sulfone groups is 1. The van der Waals surface area contributed by atoms with E-state index in [1.807, 2.05) is 0 Å². The van der Waals surface area contributed by atoms with Crippen molar-refractivity contribution in [3.05, 3.63) is 60.7 Å². The van der Waals surface area contributed by atoms with Crippen LogP contribution in [0.5, 0.6) is 5.75 Å². The Morgan fingerprint density at radius 2 is 1.79 bits per heavy atom. The van der Waals surface area contributed by atoms with Crippen LogP contribution in [0.1, 0.15) is 5.89 Å². The first-order valence-electron chi connectivity index (χ1n) is 8.12. The molecular weight excluding hydrogens is 384 g/mol. The lowest BCUT2D eigenvalue weighted by molar-refractivity contribution is 0.414. The van der Waals surface area contributed by atoms with Gasteiger partial charge in [-0.3, -0.25) is 4.98 Å². The number of hydrogen-bond acceptors (Lipinski definition) is 9. The Balaban J connectivity index is 1.54. The summed E-state index contributed by atoms with van der Waals surface area (Å²) in [6, 6.07) is 11.2. The summed E-state index contributed by atoms with van der Waals surface area (Å²) in [6.45, 7) is 0. The zero-order valence-electron chi connectivity index (χ0n) is 14.6. The lowest BCUT2D eigenvalue weighted by atomic mass is 10.2. The molecule has 0 fully saturated rings. The second-order valence-corrected chi connectivity index (χ2v) is 7.74. The predicted octanol–water partition coefficient (Wildman–Crippen LogP) is 2.77. The molecule has 0 aliphatic heterocycles. The Hall–Kier alpha value is -3.53. The van der Waals surface area contributed by atoms with E-state index in [9.17, 15) is 8.42 Å². The summed E-state index contributed by atoms with van der Waals surface area (Å²) in [7, 11) is -2.14. The van der Waals surface area contributed by atoms with E-state index in [0.717, 1.165) is 5.56 Å². The standard InChI is InChI=1S/C18H14N4O5S/c1-25-13-2-4-14(5-3-13)28(23,24)11-17-20-21-18(26-17)15-10-16(27-22-15)12-6-8-19-9-7-12/h2-10H,11H2,1H3. The van der Waals surface area contributed by atoms with Gasteiger partial charge < -0.3 is 13.7 Å². The molecule has 4 aromatic rings. The van der Waals surface area contributed by atoms with Crippen LogP contribution >= 0.6 is 0 Å². The Kier molecular flexibility index (Phi) is 4.62. The number of benzene rings is 1. The highest BCUT2D eigenvalue weighted by molar-refractivity contribution is 7.90. The predicted molar refractivity (Wildman–Crippen MR) is 96.9 cm³/mol. The number of ether oxygens (including phenoxy) is 1. The highest BCUT2D eigenvalue weighted by atomic mass is 32.2. The lowest BCUT2D eigenvalue weighted by Crippen LogP contribution is -2.05. The van der Waals surface area contributed by atoms with E-state index in [1.54, 1.807) is 42.7 Å². The van der Waals surface area contributed by atoms with E-state index in [2.05, 4.69) is 20.3 Å². The van der Waals surface area contributed by atoms with E-state index in [0.29, 0.717) is 17.2 Å². The molecule has 9 nitrogen and oxygen atoms in total. The van der Waals surface area contributed by atoms with Gasteiger partial charge in [-0.25, -0.2) is 8.42 Å². The highest BCUT2D eigenvalue weighted by Crippen LogP contribution is 2.26. The molecule has 4 rings (SSSR count). The van der Waals surface area contributed by atoms with E-state index in [1.165, 1.54) is 19.2 Å². The minimum atomic E-state index is -3.65. The first kappa shape index (κ1) is 17.9. The summed E-state index contributed by atoms with van der Waals surface area (Å²) in [5.74, 6) is 0.669. The fourth-order valence-electron chi connectivity index (χ4n) is 2.47. The number of rotatable bonds is 6. The number of aromatic nitrogens is 4. The van der Waals surface area contributed by atoms with Gasteiger partial charge in [0.25, 0.3) is 5.89 Å². The van der Waals surface area contributed by atoms with Crippen molar-refractivity contribution in [1.82, 2.24) is 20.3 Å². The number of methoxy groups -OCH3 is 1. The van der Waals surface area contributed by atoms with Crippen LogP contribution in [0.3, 0.4) is 0 Å². The van der Waals surface area contributed by atoms with E-state index in [-0.39, 0.29) is 16.7 Å². The molecule has 0 unspecified atom stereocenters. The zero-order chi connectivity index (χ0) is 19.6. The third-order valence-corrected chi connectivity index (χ3v) is 5.51. The summed E-state index contributed by atoms with van der Waals surface area (Å²) in [6.07, 6.45) is 3.26. The van der Waals surface area contributed by atoms with Gasteiger partial charge in [0.05, 0.1) is 12.0 Å². The van der Waals surface area contributed by atoms with Crippen molar-refractivity contribution in [1.29, 1.82) is 0 Å². The second kappa shape index (κ2) is 7.24. The van der Waals surface area contributed by atoms with Gasteiger partial charge in [-0.15, -0.1) is 10.2 Å². The van der Waals surface area contributed by atoms with Crippen LogP contribution in [-0.4, -0.2) is 35.9 Å². The van der Waals surface area contributed by atoms with E-state index >= 15 is 0 Å². The minimum Gasteiger partial charge on any atom is -0.497 e. The molecule has 0 atom stereocenters. The van der Waals surface area contributed by atoms with Crippen molar-refractivity contribution in [2.24, 2.45) is 0 Å². The SMILES string of the molecule is COc1ccc(S(=O)(=O)Cc2nnc(-c3cc(-c4ccncc4)on3)o2)cc1. The molecule has 142 valence electrons. The van der Waals surface area contributed by atoms with Gasteiger partial charge in [0.1, 0.15) is 11.5 Å². The maximum atomic E-state index is 12.5. The van der Waals surface area contributed by atoms with Crippen LogP contribution in [-0.2, 0) is 15.6 Å². The van der Waals surface area contributed by atoms with Gasteiger partial charge in [-0.2, -0.15) is 0 Å². The van der Waals surface area contributed by atoms with Crippen molar-refractivity contribution >= 4 is 9.84 Å². The molecule has 0 bridgehead atoms. The molecule has 0 saturated heterocycles. The van der Waals surface area contributed by atoms with Crippen molar-refractivity contribution in [2.45, 2.75) is 10.6 Å². The van der Waals surface area contributed by atoms with E-state index in [4.69, 9.17) is 13.7 Å². The molecule has 3 heterocycles. The second-order valence-electron chi connectivity index (χ2n) is 5.75. The topological polar surface area (TPSA) is 121 Å². The average molecular weight is 398 g/mol. The number of hydrogen-bond donors (Lipinski definition) is 0. The molecule has 0 saturated carbocycles. The summed E-state index contributed by atoms with van der Waals surface area (Å²) in [5, 5.41) is 11.6. The molecule has 3 aromatic heterocycles. The number of pyridine rings is 1. The van der Waals surface area contributed by atoms with Gasteiger partial charge in [-0.1, -0.05) is 5.16 Å². The average Bonchev–Trinajstić information content (AvgIpc) is 3.38. The third kappa shape index (κ3) is 3.62. The van der Waals surface area contributed by atoms with Gasteiger partial charge in [0.15, 0.2) is 21.3 Å². The van der Waals surface area contributed by atoms with Crippen molar-refractivity contribution in [3.8, 4) is 28.7 Å². The minimum absolute atomic E-state index is 0.0423. The summed E-state index contributed by atoms with van der Waals surface area (Å²) < 4.78 is 40.8. The highest BCUT2D eigenvalue weighted by Gasteiger charge is 2.21. The molecule has 0 spiro atoms. The Morgan fingerprint density at radius 1 is 1.04 bits per heavy atom. The number of nitrogens with zero attached hydrogens (tertiary/aromatic N) is 4. The monoisotopic (exact) mass is 398 g/mol. The van der Waals surface area contributed by atoms with Crippen LogP contribution in [0.2, 0.25) is 0 Å². The maximum absolute atomic E-state index is 12.5. The zero-order valence-corrected chi connectivity index (χ0v) is 15.5. The van der Waals surface area contributed by atoms with Crippen molar-refractivity contribution in [2.75, 3.05) is 7.11 Å². The maximum Gasteiger partial charge on any atom is 0.269 e. The molecule has 0 radical (unpaired) electrons.